The lowest BCUT2D eigenvalue weighted by atomic mass is 9.77. The van der Waals surface area contributed by atoms with Crippen LogP contribution in [0, 0.1) is 11.8 Å². The van der Waals surface area contributed by atoms with Crippen LogP contribution >= 0.6 is 0 Å². The van der Waals surface area contributed by atoms with E-state index in [2.05, 4.69) is 29.4 Å². The third-order valence-corrected chi connectivity index (χ3v) is 4.58. The van der Waals surface area contributed by atoms with E-state index in [1.807, 2.05) is 23.1 Å². The lowest BCUT2D eigenvalue weighted by Gasteiger charge is -2.48. The summed E-state index contributed by atoms with van der Waals surface area (Å²) in [6, 6.07) is 5.76. The summed E-state index contributed by atoms with van der Waals surface area (Å²) in [4.78, 5) is 14.5. The van der Waals surface area contributed by atoms with E-state index in [-0.39, 0.29) is 17.9 Å². The molecule has 0 spiro atoms. The Balaban J connectivity index is 1.90. The fourth-order valence-corrected chi connectivity index (χ4v) is 3.52. The summed E-state index contributed by atoms with van der Waals surface area (Å²) in [5, 5.41) is 12.0. The average Bonchev–Trinajstić information content (AvgIpc) is 2.91. The number of hydrogen-bond donors (Lipinski definition) is 0. The molecule has 114 valence electrons. The van der Waals surface area contributed by atoms with Crippen LogP contribution in [0.5, 0.6) is 5.75 Å². The van der Waals surface area contributed by atoms with E-state index in [1.165, 1.54) is 0 Å². The Labute approximate surface area is 127 Å². The number of aromatic nitrogens is 4. The van der Waals surface area contributed by atoms with Crippen molar-refractivity contribution in [3.05, 3.63) is 24.0 Å². The number of anilines is 1. The number of fused-ring (bicyclic) bond motifs is 5. The first-order chi connectivity index (χ1) is 10.6. The molecule has 1 fully saturated rings. The Bertz CT molecular complexity index is 754. The van der Waals surface area contributed by atoms with Crippen molar-refractivity contribution >= 4 is 11.6 Å². The predicted octanol–water partition coefficient (Wildman–Crippen LogP) is 1.21. The number of benzene rings is 1. The van der Waals surface area contributed by atoms with Gasteiger partial charge in [0.25, 0.3) is 0 Å². The van der Waals surface area contributed by atoms with Gasteiger partial charge in [0.15, 0.2) is 5.82 Å². The highest BCUT2D eigenvalue weighted by Crippen LogP contribution is 2.43. The van der Waals surface area contributed by atoms with Crippen molar-refractivity contribution in [1.29, 1.82) is 0 Å². The lowest BCUT2D eigenvalue weighted by molar-refractivity contribution is -0.132. The number of ether oxygens (including phenoxy) is 1. The van der Waals surface area contributed by atoms with Gasteiger partial charge in [-0.25, -0.2) is 0 Å². The Morgan fingerprint density at radius 2 is 2.14 bits per heavy atom. The summed E-state index contributed by atoms with van der Waals surface area (Å²) in [5.41, 5.74) is 1.64. The topological polar surface area (TPSA) is 73.1 Å². The number of hydrogen-bond acceptors (Lipinski definition) is 5. The molecule has 1 aromatic heterocycles. The molecule has 4 rings (SSSR count). The molecule has 0 bridgehead atoms. The zero-order valence-electron chi connectivity index (χ0n) is 12.7. The van der Waals surface area contributed by atoms with E-state index in [4.69, 9.17) is 4.74 Å². The van der Waals surface area contributed by atoms with Gasteiger partial charge >= 0.3 is 0 Å². The molecule has 22 heavy (non-hydrogen) atoms. The van der Waals surface area contributed by atoms with E-state index in [9.17, 15) is 4.79 Å². The van der Waals surface area contributed by atoms with Crippen LogP contribution < -0.4 is 9.64 Å². The van der Waals surface area contributed by atoms with Crippen molar-refractivity contribution in [2.75, 3.05) is 12.0 Å². The molecular weight excluding hydrogens is 282 g/mol. The van der Waals surface area contributed by atoms with E-state index >= 15 is 0 Å². The average molecular weight is 299 g/mol. The molecule has 2 aliphatic heterocycles. The Hall–Kier alpha value is -2.44. The molecular formula is C15H17N5O2. The minimum atomic E-state index is 0.0261. The van der Waals surface area contributed by atoms with Crippen molar-refractivity contribution in [3.8, 4) is 11.4 Å². The first-order valence-electron chi connectivity index (χ1n) is 7.40. The first kappa shape index (κ1) is 13.2. The Kier molecular flexibility index (Phi) is 2.72. The minimum absolute atomic E-state index is 0.0261. The van der Waals surface area contributed by atoms with Gasteiger partial charge in [-0.15, -0.1) is 5.10 Å². The van der Waals surface area contributed by atoms with Gasteiger partial charge in [-0.1, -0.05) is 13.8 Å². The maximum absolute atomic E-state index is 12.6. The summed E-state index contributed by atoms with van der Waals surface area (Å²) in [5.74, 6) is 1.99. The molecule has 3 heterocycles. The normalized spacial score (nSPS) is 22.5. The quantitative estimate of drug-likeness (QED) is 0.779. The Morgan fingerprint density at radius 1 is 1.32 bits per heavy atom. The highest BCUT2D eigenvalue weighted by molar-refractivity contribution is 6.05. The fourth-order valence-electron chi connectivity index (χ4n) is 3.52. The number of tetrazole rings is 1. The summed E-state index contributed by atoms with van der Waals surface area (Å²) < 4.78 is 7.00. The highest BCUT2D eigenvalue weighted by atomic mass is 16.5. The fraction of sp³-hybridized carbons (Fsp3) is 0.467. The molecule has 0 unspecified atom stereocenters. The summed E-state index contributed by atoms with van der Waals surface area (Å²) >= 11 is 0. The van der Waals surface area contributed by atoms with Crippen LogP contribution in [0.3, 0.4) is 0 Å². The summed E-state index contributed by atoms with van der Waals surface area (Å²) in [6.07, 6.45) is 0.665. The molecule has 2 atom stereocenters. The van der Waals surface area contributed by atoms with Crippen molar-refractivity contribution in [1.82, 2.24) is 20.2 Å². The summed E-state index contributed by atoms with van der Waals surface area (Å²) in [6.45, 7) is 4.17. The maximum Gasteiger partial charge on any atom is 0.232 e. The minimum Gasteiger partial charge on any atom is -0.497 e. The van der Waals surface area contributed by atoms with Gasteiger partial charge in [0.2, 0.25) is 5.91 Å². The molecule has 1 saturated heterocycles. The standard InChI is InChI=1S/C15H17N5O2/c1-8(2)14-12-7-13-16-17-18-20(13)11-6-9(22-3)4-5-10(11)19(12)15(14)21/h4-6,8,12,14H,7H2,1-3H3/t12-,14+/m1/s1. The number of carbonyl (C=O) groups is 1. The zero-order chi connectivity index (χ0) is 15.4. The van der Waals surface area contributed by atoms with E-state index < -0.39 is 0 Å². The molecule has 2 aromatic rings. The third kappa shape index (κ3) is 1.62. The van der Waals surface area contributed by atoms with Crippen LogP contribution in [-0.2, 0) is 11.2 Å². The largest absolute Gasteiger partial charge is 0.497 e. The Morgan fingerprint density at radius 3 is 2.86 bits per heavy atom. The lowest BCUT2D eigenvalue weighted by Crippen LogP contribution is -2.63. The molecule has 1 amide bonds. The van der Waals surface area contributed by atoms with Gasteiger partial charge in [0.1, 0.15) is 5.75 Å². The number of rotatable bonds is 2. The number of carbonyl (C=O) groups excluding carboxylic acids is 1. The SMILES string of the molecule is COc1ccc2c(c1)-n1nnnc1C[C@@H]1[C@H](C(C)C)C(=O)N21. The van der Waals surface area contributed by atoms with Crippen molar-refractivity contribution in [2.24, 2.45) is 11.8 Å². The van der Waals surface area contributed by atoms with Crippen LogP contribution in [0.25, 0.3) is 5.69 Å². The van der Waals surface area contributed by atoms with Crippen molar-refractivity contribution < 1.29 is 9.53 Å². The number of nitrogens with zero attached hydrogens (tertiary/aromatic N) is 5. The van der Waals surface area contributed by atoms with Crippen molar-refractivity contribution in [3.63, 3.8) is 0 Å². The molecule has 1 aromatic carbocycles. The molecule has 0 N–H and O–H groups in total. The molecule has 0 radical (unpaired) electrons. The number of methoxy groups -OCH3 is 1. The van der Waals surface area contributed by atoms with E-state index in [1.54, 1.807) is 11.8 Å². The van der Waals surface area contributed by atoms with Crippen molar-refractivity contribution in [2.45, 2.75) is 26.3 Å². The van der Waals surface area contributed by atoms with E-state index in [0.717, 1.165) is 17.2 Å². The molecule has 2 aliphatic rings. The van der Waals surface area contributed by atoms with Gasteiger partial charge < -0.3 is 9.64 Å². The smallest absolute Gasteiger partial charge is 0.232 e. The second kappa shape index (κ2) is 4.53. The van der Waals surface area contributed by atoms with Gasteiger partial charge in [0.05, 0.1) is 30.4 Å². The molecule has 7 heteroatoms. The predicted molar refractivity (Wildman–Crippen MR) is 79.0 cm³/mol. The second-order valence-electron chi connectivity index (χ2n) is 6.11. The van der Waals surface area contributed by atoms with Crippen LogP contribution in [0.1, 0.15) is 19.7 Å². The van der Waals surface area contributed by atoms with Gasteiger partial charge in [-0.3, -0.25) is 4.79 Å². The van der Waals surface area contributed by atoms with Gasteiger partial charge in [-0.2, -0.15) is 4.68 Å². The van der Waals surface area contributed by atoms with E-state index in [0.29, 0.717) is 18.1 Å². The second-order valence-corrected chi connectivity index (χ2v) is 6.11. The zero-order valence-corrected chi connectivity index (χ0v) is 12.7. The third-order valence-electron chi connectivity index (χ3n) is 4.58. The molecule has 0 saturated carbocycles. The molecule has 0 aliphatic carbocycles. The number of β-lactam (4-membered cyclic amide) rings is 1. The van der Waals surface area contributed by atoms with Crippen LogP contribution in [0.2, 0.25) is 0 Å². The van der Waals surface area contributed by atoms with Crippen LogP contribution in [0.15, 0.2) is 18.2 Å². The summed E-state index contributed by atoms with van der Waals surface area (Å²) in [7, 11) is 1.62. The number of amides is 1. The van der Waals surface area contributed by atoms with Crippen LogP contribution in [0.4, 0.5) is 5.69 Å². The van der Waals surface area contributed by atoms with Gasteiger partial charge in [0, 0.05) is 12.5 Å². The maximum atomic E-state index is 12.6. The van der Waals surface area contributed by atoms with Gasteiger partial charge in [-0.05, 0) is 28.5 Å². The highest BCUT2D eigenvalue weighted by Gasteiger charge is 2.51. The van der Waals surface area contributed by atoms with Crippen LogP contribution in [-0.4, -0.2) is 39.3 Å². The molecule has 7 nitrogen and oxygen atoms in total. The monoisotopic (exact) mass is 299 g/mol. The first-order valence-corrected chi connectivity index (χ1v) is 7.40.